The predicted octanol–water partition coefficient (Wildman–Crippen LogP) is 4.25. The van der Waals surface area contributed by atoms with E-state index in [4.69, 9.17) is 5.10 Å². The lowest BCUT2D eigenvalue weighted by atomic mass is 10.1. The van der Waals surface area contributed by atoms with Crippen molar-refractivity contribution in [3.05, 3.63) is 41.3 Å². The number of rotatable bonds is 9. The van der Waals surface area contributed by atoms with E-state index in [0.717, 1.165) is 62.6 Å². The number of halogens is 1. The molecule has 0 spiro atoms. The van der Waals surface area contributed by atoms with Crippen LogP contribution in [-0.2, 0) is 11.3 Å². The zero-order valence-electron chi connectivity index (χ0n) is 20.3. The summed E-state index contributed by atoms with van der Waals surface area (Å²) in [5.41, 5.74) is 2.66. The molecule has 7 heteroatoms. The molecule has 0 bridgehead atoms. The van der Waals surface area contributed by atoms with E-state index in [1.54, 1.807) is 6.07 Å². The second kappa shape index (κ2) is 10.9. The highest BCUT2D eigenvalue weighted by Crippen LogP contribution is 2.30. The van der Waals surface area contributed by atoms with Gasteiger partial charge in [0.15, 0.2) is 0 Å². The SMILES string of the molecule is CCCC(=O)N(CCC(C)C)Cc1c(C)nn(-c2cccc(F)c2)c1N1CCN(C)CC1. The molecule has 3 rings (SSSR count). The van der Waals surface area contributed by atoms with E-state index >= 15 is 0 Å². The molecule has 1 amide bonds. The fourth-order valence-electron chi connectivity index (χ4n) is 4.13. The molecule has 1 fully saturated rings. The summed E-state index contributed by atoms with van der Waals surface area (Å²) in [6, 6.07) is 6.58. The van der Waals surface area contributed by atoms with Gasteiger partial charge in [0.05, 0.1) is 17.9 Å². The maximum absolute atomic E-state index is 14.0. The number of aromatic nitrogens is 2. The quantitative estimate of drug-likeness (QED) is 0.581. The van der Waals surface area contributed by atoms with E-state index in [9.17, 15) is 9.18 Å². The van der Waals surface area contributed by atoms with Gasteiger partial charge >= 0.3 is 0 Å². The van der Waals surface area contributed by atoms with Gasteiger partial charge in [-0.3, -0.25) is 4.79 Å². The first kappa shape index (κ1) is 24.2. The Labute approximate surface area is 192 Å². The van der Waals surface area contributed by atoms with Gasteiger partial charge in [-0.15, -0.1) is 0 Å². The van der Waals surface area contributed by atoms with Crippen molar-refractivity contribution in [3.8, 4) is 5.69 Å². The lowest BCUT2D eigenvalue weighted by Crippen LogP contribution is -2.45. The van der Waals surface area contributed by atoms with E-state index in [0.29, 0.717) is 24.6 Å². The first-order valence-corrected chi connectivity index (χ1v) is 11.9. The smallest absolute Gasteiger partial charge is 0.222 e. The standard InChI is InChI=1S/C25H38FN5O/c1-6-8-24(32)30(12-11-19(2)3)18-23-20(4)27-31(22-10-7-9-21(26)17-22)25(23)29-15-13-28(5)14-16-29/h7,9-10,17,19H,6,8,11-16,18H2,1-5H3. The van der Waals surface area contributed by atoms with E-state index in [-0.39, 0.29) is 11.7 Å². The third-order valence-corrected chi connectivity index (χ3v) is 6.15. The summed E-state index contributed by atoms with van der Waals surface area (Å²) < 4.78 is 15.9. The molecule has 1 saturated heterocycles. The van der Waals surface area contributed by atoms with Crippen LogP contribution in [0.1, 0.15) is 51.3 Å². The highest BCUT2D eigenvalue weighted by atomic mass is 19.1. The van der Waals surface area contributed by atoms with Crippen LogP contribution >= 0.6 is 0 Å². The van der Waals surface area contributed by atoms with Crippen molar-refractivity contribution in [3.63, 3.8) is 0 Å². The molecule has 2 heterocycles. The summed E-state index contributed by atoms with van der Waals surface area (Å²) in [4.78, 5) is 19.6. The first-order chi connectivity index (χ1) is 15.3. The molecule has 1 aliphatic heterocycles. The fourth-order valence-corrected chi connectivity index (χ4v) is 4.13. The first-order valence-electron chi connectivity index (χ1n) is 11.9. The number of anilines is 1. The molecule has 0 saturated carbocycles. The van der Waals surface area contributed by atoms with Gasteiger partial charge in [-0.05, 0) is 50.9 Å². The summed E-state index contributed by atoms with van der Waals surface area (Å²) in [6.07, 6.45) is 2.36. The Kier molecular flexibility index (Phi) is 8.29. The normalized spacial score (nSPS) is 14.9. The molecule has 0 N–H and O–H groups in total. The Hall–Kier alpha value is -2.41. The van der Waals surface area contributed by atoms with Gasteiger partial charge < -0.3 is 14.7 Å². The average Bonchev–Trinajstić information content (AvgIpc) is 3.07. The molecular weight excluding hydrogens is 405 g/mol. The summed E-state index contributed by atoms with van der Waals surface area (Å²) >= 11 is 0. The number of benzene rings is 1. The molecule has 0 atom stereocenters. The van der Waals surface area contributed by atoms with E-state index in [1.165, 1.54) is 12.1 Å². The van der Waals surface area contributed by atoms with Crippen LogP contribution in [0.4, 0.5) is 10.2 Å². The highest BCUT2D eigenvalue weighted by Gasteiger charge is 2.27. The second-order valence-electron chi connectivity index (χ2n) is 9.32. The van der Waals surface area contributed by atoms with Gasteiger partial charge in [-0.1, -0.05) is 26.8 Å². The maximum atomic E-state index is 14.0. The molecular formula is C25H38FN5O. The third-order valence-electron chi connectivity index (χ3n) is 6.15. The van der Waals surface area contributed by atoms with Crippen molar-refractivity contribution >= 4 is 11.7 Å². The fraction of sp³-hybridized carbons (Fsp3) is 0.600. The number of carbonyl (C=O) groups excluding carboxylic acids is 1. The van der Waals surface area contributed by atoms with Crippen molar-refractivity contribution in [1.29, 1.82) is 0 Å². The van der Waals surface area contributed by atoms with Crippen LogP contribution in [0, 0.1) is 18.7 Å². The Bertz CT molecular complexity index is 902. The minimum absolute atomic E-state index is 0.190. The summed E-state index contributed by atoms with van der Waals surface area (Å²) in [5, 5.41) is 4.83. The molecule has 176 valence electrons. The van der Waals surface area contributed by atoms with E-state index in [1.807, 2.05) is 29.5 Å². The Balaban J connectivity index is 2.02. The Morgan fingerprint density at radius 2 is 1.94 bits per heavy atom. The van der Waals surface area contributed by atoms with Crippen molar-refractivity contribution in [2.45, 2.75) is 53.5 Å². The Morgan fingerprint density at radius 1 is 1.22 bits per heavy atom. The topological polar surface area (TPSA) is 44.6 Å². The maximum Gasteiger partial charge on any atom is 0.222 e. The zero-order valence-corrected chi connectivity index (χ0v) is 20.3. The molecule has 1 aliphatic rings. The van der Waals surface area contributed by atoms with Crippen LogP contribution < -0.4 is 4.90 Å². The molecule has 1 aromatic carbocycles. The van der Waals surface area contributed by atoms with Gasteiger partial charge in [0, 0.05) is 44.7 Å². The molecule has 32 heavy (non-hydrogen) atoms. The van der Waals surface area contributed by atoms with Crippen molar-refractivity contribution < 1.29 is 9.18 Å². The molecule has 0 radical (unpaired) electrons. The van der Waals surface area contributed by atoms with Gasteiger partial charge in [0.25, 0.3) is 0 Å². The number of nitrogens with zero attached hydrogens (tertiary/aromatic N) is 5. The van der Waals surface area contributed by atoms with Crippen LogP contribution in [0.15, 0.2) is 24.3 Å². The lowest BCUT2D eigenvalue weighted by molar-refractivity contribution is -0.132. The largest absolute Gasteiger partial charge is 0.354 e. The van der Waals surface area contributed by atoms with E-state index in [2.05, 4.69) is 30.7 Å². The van der Waals surface area contributed by atoms with Gasteiger partial charge in [-0.2, -0.15) is 5.10 Å². The van der Waals surface area contributed by atoms with Crippen molar-refractivity contribution in [2.75, 3.05) is 44.7 Å². The molecule has 1 aromatic heterocycles. The molecule has 2 aromatic rings. The number of hydrogen-bond acceptors (Lipinski definition) is 4. The van der Waals surface area contributed by atoms with Crippen LogP contribution in [0.3, 0.4) is 0 Å². The number of amides is 1. The third kappa shape index (κ3) is 5.88. The summed E-state index contributed by atoms with van der Waals surface area (Å²) in [5.74, 6) is 1.42. The minimum Gasteiger partial charge on any atom is -0.354 e. The van der Waals surface area contributed by atoms with Crippen LogP contribution in [0.2, 0.25) is 0 Å². The monoisotopic (exact) mass is 443 g/mol. The zero-order chi connectivity index (χ0) is 23.3. The number of aryl methyl sites for hydroxylation is 1. The lowest BCUT2D eigenvalue weighted by Gasteiger charge is -2.35. The number of likely N-dealkylation sites (N-methyl/N-ethyl adjacent to an activating group) is 1. The average molecular weight is 444 g/mol. The summed E-state index contributed by atoms with van der Waals surface area (Å²) in [6.45, 7) is 13.3. The number of hydrogen-bond donors (Lipinski definition) is 0. The van der Waals surface area contributed by atoms with Crippen molar-refractivity contribution in [1.82, 2.24) is 19.6 Å². The summed E-state index contributed by atoms with van der Waals surface area (Å²) in [7, 11) is 2.13. The van der Waals surface area contributed by atoms with Gasteiger partial charge in [0.2, 0.25) is 5.91 Å². The van der Waals surface area contributed by atoms with Crippen LogP contribution in [0.5, 0.6) is 0 Å². The minimum atomic E-state index is -0.279. The van der Waals surface area contributed by atoms with Crippen molar-refractivity contribution in [2.24, 2.45) is 5.92 Å². The van der Waals surface area contributed by atoms with E-state index < -0.39 is 0 Å². The molecule has 0 unspecified atom stereocenters. The van der Waals surface area contributed by atoms with Crippen LogP contribution in [-0.4, -0.2) is 65.3 Å². The molecule has 6 nitrogen and oxygen atoms in total. The Morgan fingerprint density at radius 3 is 2.56 bits per heavy atom. The number of piperazine rings is 1. The molecule has 0 aliphatic carbocycles. The predicted molar refractivity (Wildman–Crippen MR) is 128 cm³/mol. The second-order valence-corrected chi connectivity index (χ2v) is 9.32. The van der Waals surface area contributed by atoms with Gasteiger partial charge in [-0.25, -0.2) is 9.07 Å². The van der Waals surface area contributed by atoms with Crippen LogP contribution in [0.25, 0.3) is 5.69 Å². The highest BCUT2D eigenvalue weighted by molar-refractivity contribution is 5.76. The van der Waals surface area contributed by atoms with Gasteiger partial charge in [0.1, 0.15) is 11.6 Å². The number of carbonyl (C=O) groups is 1.